The van der Waals surface area contributed by atoms with Gasteiger partial charge in [-0.2, -0.15) is 0 Å². The van der Waals surface area contributed by atoms with Crippen LogP contribution in [0.5, 0.6) is 0 Å². The lowest BCUT2D eigenvalue weighted by molar-refractivity contribution is 0.624. The number of hydrogen-bond donors (Lipinski definition) is 0. The molecule has 16 heavy (non-hydrogen) atoms. The molecule has 0 spiro atoms. The number of hydrogen-bond acceptors (Lipinski definition) is 1. The zero-order chi connectivity index (χ0) is 11.3. The van der Waals surface area contributed by atoms with Crippen LogP contribution in [0.15, 0.2) is 30.5 Å². The van der Waals surface area contributed by atoms with E-state index in [1.807, 2.05) is 0 Å². The Hall–Kier alpha value is -1.24. The molecule has 2 aliphatic rings. The molecule has 1 nitrogen and oxygen atoms in total. The van der Waals surface area contributed by atoms with E-state index < -0.39 is 0 Å². The molecule has 2 heterocycles. The van der Waals surface area contributed by atoms with Gasteiger partial charge in [0, 0.05) is 23.3 Å². The lowest BCUT2D eigenvalue weighted by atomic mass is 9.83. The minimum absolute atomic E-state index is 0.114. The lowest BCUT2D eigenvalue weighted by Gasteiger charge is -2.25. The quantitative estimate of drug-likeness (QED) is 0.636. The van der Waals surface area contributed by atoms with Crippen LogP contribution < -0.4 is 4.90 Å². The Kier molecular flexibility index (Phi) is 1.95. The van der Waals surface area contributed by atoms with E-state index in [0.29, 0.717) is 0 Å². The summed E-state index contributed by atoms with van der Waals surface area (Å²) in [5.41, 5.74) is 5.84. The first kappa shape index (κ1) is 9.95. The van der Waals surface area contributed by atoms with Gasteiger partial charge in [0.05, 0.1) is 0 Å². The van der Waals surface area contributed by atoms with Gasteiger partial charge in [-0.05, 0) is 30.4 Å². The number of benzene rings is 1. The second kappa shape index (κ2) is 3.13. The first-order valence-electron chi connectivity index (χ1n) is 6.21. The molecule has 1 aromatic carbocycles. The average molecular weight is 213 g/mol. The highest BCUT2D eigenvalue weighted by Crippen LogP contribution is 2.49. The maximum Gasteiger partial charge on any atom is 0.0482 e. The van der Waals surface area contributed by atoms with Crippen molar-refractivity contribution in [3.05, 3.63) is 41.6 Å². The van der Waals surface area contributed by atoms with Crippen LogP contribution in [0.4, 0.5) is 5.69 Å². The highest BCUT2D eigenvalue weighted by Gasteiger charge is 2.40. The summed E-state index contributed by atoms with van der Waals surface area (Å²) in [6.07, 6.45) is 3.81. The van der Waals surface area contributed by atoms with Gasteiger partial charge >= 0.3 is 0 Å². The fourth-order valence-corrected chi connectivity index (χ4v) is 3.08. The number of anilines is 1. The number of nitrogens with zero attached hydrogens (tertiary/aromatic N) is 1. The van der Waals surface area contributed by atoms with E-state index in [1.165, 1.54) is 41.8 Å². The monoisotopic (exact) mass is 213 g/mol. The Labute approximate surface area is 97.8 Å². The summed E-state index contributed by atoms with van der Waals surface area (Å²) < 4.78 is 0. The molecule has 0 N–H and O–H groups in total. The molecule has 0 atom stereocenters. The SMILES string of the molecule is C=C1N2CCCCc3cccc(c32)C1(C)C. The van der Waals surface area contributed by atoms with Crippen LogP contribution in [0.3, 0.4) is 0 Å². The summed E-state index contributed by atoms with van der Waals surface area (Å²) in [4.78, 5) is 2.46. The van der Waals surface area contributed by atoms with Gasteiger partial charge in [-0.15, -0.1) is 0 Å². The van der Waals surface area contributed by atoms with Crippen molar-refractivity contribution < 1.29 is 0 Å². The number of aryl methyl sites for hydroxylation is 1. The van der Waals surface area contributed by atoms with Gasteiger partial charge in [0.15, 0.2) is 0 Å². The van der Waals surface area contributed by atoms with Crippen molar-refractivity contribution in [2.24, 2.45) is 0 Å². The van der Waals surface area contributed by atoms with Crippen LogP contribution in [0.25, 0.3) is 0 Å². The van der Waals surface area contributed by atoms with Crippen molar-refractivity contribution in [1.29, 1.82) is 0 Å². The fourth-order valence-electron chi connectivity index (χ4n) is 3.08. The van der Waals surface area contributed by atoms with E-state index in [9.17, 15) is 0 Å². The van der Waals surface area contributed by atoms with Gasteiger partial charge in [0.25, 0.3) is 0 Å². The summed E-state index contributed by atoms with van der Waals surface area (Å²) in [6.45, 7) is 10.0. The zero-order valence-corrected chi connectivity index (χ0v) is 10.2. The van der Waals surface area contributed by atoms with E-state index in [4.69, 9.17) is 0 Å². The molecule has 0 unspecified atom stereocenters. The third-order valence-electron chi connectivity index (χ3n) is 4.19. The molecule has 0 aliphatic carbocycles. The van der Waals surface area contributed by atoms with Crippen LogP contribution in [-0.2, 0) is 11.8 Å². The minimum atomic E-state index is 0.114. The molecule has 0 fully saturated rings. The van der Waals surface area contributed by atoms with Gasteiger partial charge in [0.2, 0.25) is 0 Å². The van der Waals surface area contributed by atoms with E-state index in [-0.39, 0.29) is 5.41 Å². The molecule has 3 rings (SSSR count). The summed E-state index contributed by atoms with van der Waals surface area (Å²) in [7, 11) is 0. The van der Waals surface area contributed by atoms with Crippen LogP contribution in [-0.4, -0.2) is 6.54 Å². The molecule has 0 saturated carbocycles. The third kappa shape index (κ3) is 1.12. The van der Waals surface area contributed by atoms with Crippen LogP contribution in [0.1, 0.15) is 37.8 Å². The molecule has 1 heteroatoms. The van der Waals surface area contributed by atoms with Gasteiger partial charge in [-0.3, -0.25) is 0 Å². The molecular formula is C15H19N. The predicted molar refractivity (Wildman–Crippen MR) is 68.9 cm³/mol. The Balaban J connectivity index is 2.28. The van der Waals surface area contributed by atoms with Gasteiger partial charge in [-0.1, -0.05) is 38.6 Å². The van der Waals surface area contributed by atoms with Crippen molar-refractivity contribution >= 4 is 5.69 Å². The minimum Gasteiger partial charge on any atom is -0.344 e. The normalized spacial score (nSPS) is 21.9. The topological polar surface area (TPSA) is 3.24 Å². The molecule has 0 saturated heterocycles. The zero-order valence-electron chi connectivity index (χ0n) is 10.2. The van der Waals surface area contributed by atoms with E-state index in [1.54, 1.807) is 0 Å². The van der Waals surface area contributed by atoms with Crippen molar-refractivity contribution in [3.63, 3.8) is 0 Å². The molecule has 0 bridgehead atoms. The largest absolute Gasteiger partial charge is 0.344 e. The maximum atomic E-state index is 4.32. The highest BCUT2D eigenvalue weighted by atomic mass is 15.2. The molecule has 1 aromatic rings. The molecule has 2 aliphatic heterocycles. The number of para-hydroxylation sites is 1. The second-order valence-corrected chi connectivity index (χ2v) is 5.49. The summed E-state index contributed by atoms with van der Waals surface area (Å²) in [5, 5.41) is 0. The summed E-state index contributed by atoms with van der Waals surface area (Å²) in [5.74, 6) is 0. The Bertz CT molecular complexity index is 457. The predicted octanol–water partition coefficient (Wildman–Crippen LogP) is 3.63. The lowest BCUT2D eigenvalue weighted by Crippen LogP contribution is -2.25. The average Bonchev–Trinajstić information content (AvgIpc) is 2.46. The molecule has 0 aromatic heterocycles. The Morgan fingerprint density at radius 2 is 2.06 bits per heavy atom. The highest BCUT2D eigenvalue weighted by molar-refractivity contribution is 5.73. The van der Waals surface area contributed by atoms with E-state index in [0.717, 1.165) is 6.54 Å². The number of allylic oxidation sites excluding steroid dienone is 1. The van der Waals surface area contributed by atoms with Crippen LogP contribution in [0, 0.1) is 0 Å². The molecule has 0 amide bonds. The van der Waals surface area contributed by atoms with Gasteiger partial charge < -0.3 is 4.90 Å². The smallest absolute Gasteiger partial charge is 0.0482 e. The van der Waals surface area contributed by atoms with E-state index >= 15 is 0 Å². The molecular weight excluding hydrogens is 194 g/mol. The summed E-state index contributed by atoms with van der Waals surface area (Å²) >= 11 is 0. The first-order valence-corrected chi connectivity index (χ1v) is 6.21. The fraction of sp³-hybridized carbons (Fsp3) is 0.467. The van der Waals surface area contributed by atoms with E-state index in [2.05, 4.69) is 43.5 Å². The van der Waals surface area contributed by atoms with Crippen LogP contribution in [0.2, 0.25) is 0 Å². The standard InChI is InChI=1S/C15H19N/c1-11-15(2,3)13-9-6-8-12-7-4-5-10-16(11)14(12)13/h6,8-9H,1,4-5,7,10H2,2-3H3. The van der Waals surface area contributed by atoms with Gasteiger partial charge in [-0.25, -0.2) is 0 Å². The van der Waals surface area contributed by atoms with Gasteiger partial charge in [0.1, 0.15) is 0 Å². The first-order chi connectivity index (χ1) is 7.62. The molecule has 0 radical (unpaired) electrons. The number of rotatable bonds is 0. The Morgan fingerprint density at radius 3 is 2.88 bits per heavy atom. The summed E-state index contributed by atoms with van der Waals surface area (Å²) in [6, 6.07) is 6.76. The van der Waals surface area contributed by atoms with Crippen molar-refractivity contribution in [2.75, 3.05) is 11.4 Å². The van der Waals surface area contributed by atoms with Crippen molar-refractivity contribution in [3.8, 4) is 0 Å². The Morgan fingerprint density at radius 1 is 1.25 bits per heavy atom. The second-order valence-electron chi connectivity index (χ2n) is 5.49. The van der Waals surface area contributed by atoms with Crippen molar-refractivity contribution in [1.82, 2.24) is 0 Å². The maximum absolute atomic E-state index is 4.32. The third-order valence-corrected chi connectivity index (χ3v) is 4.19. The van der Waals surface area contributed by atoms with Crippen molar-refractivity contribution in [2.45, 2.75) is 38.5 Å². The van der Waals surface area contributed by atoms with Crippen LogP contribution >= 0.6 is 0 Å². The molecule has 84 valence electrons.